The number of nitrogens with zero attached hydrogens (tertiary/aromatic N) is 3. The maximum atomic E-state index is 13.0. The molecule has 11 heteroatoms. The van der Waals surface area contributed by atoms with Gasteiger partial charge in [-0.3, -0.25) is 9.52 Å². The van der Waals surface area contributed by atoms with Crippen molar-refractivity contribution in [2.75, 3.05) is 37.6 Å². The lowest BCUT2D eigenvalue weighted by atomic mass is 10.3. The molecule has 0 radical (unpaired) electrons. The fourth-order valence-electron chi connectivity index (χ4n) is 3.51. The Kier molecular flexibility index (Phi) is 6.73. The number of nitrogens with one attached hydrogen (secondary N) is 1. The van der Waals surface area contributed by atoms with Gasteiger partial charge in [0.15, 0.2) is 0 Å². The summed E-state index contributed by atoms with van der Waals surface area (Å²) in [6.45, 7) is 6.36. The minimum Gasteiger partial charge on any atom is -0.494 e. The Bertz CT molecular complexity index is 1240. The highest BCUT2D eigenvalue weighted by Gasteiger charge is 2.25. The summed E-state index contributed by atoms with van der Waals surface area (Å²) in [5.41, 5.74) is 1.69. The first-order valence-corrected chi connectivity index (χ1v) is 12.9. The summed E-state index contributed by atoms with van der Waals surface area (Å²) in [4.78, 5) is 19.9. The third kappa shape index (κ3) is 5.05. The number of carbonyl (C=O) groups is 1. The normalized spacial score (nSPS) is 14.3. The van der Waals surface area contributed by atoms with Crippen LogP contribution in [0.25, 0.3) is 10.7 Å². The molecule has 4 rings (SSSR count). The molecule has 1 N–H and O–H groups in total. The minimum atomic E-state index is -3.81. The van der Waals surface area contributed by atoms with E-state index in [0.29, 0.717) is 65.6 Å². The van der Waals surface area contributed by atoms with Crippen LogP contribution in [0.1, 0.15) is 22.3 Å². The molecule has 2 aromatic heterocycles. The summed E-state index contributed by atoms with van der Waals surface area (Å²) in [6.07, 6.45) is 1.53. The molecule has 1 amide bonds. The van der Waals surface area contributed by atoms with Gasteiger partial charge in [0, 0.05) is 32.0 Å². The van der Waals surface area contributed by atoms with Crippen LogP contribution in [0.2, 0.25) is 0 Å². The smallest absolute Gasteiger partial charge is 0.266 e. The number of aromatic nitrogens is 2. The molecule has 3 heterocycles. The second kappa shape index (κ2) is 9.54. The molecule has 0 unspecified atom stereocenters. The molecule has 0 saturated carbocycles. The van der Waals surface area contributed by atoms with Gasteiger partial charge < -0.3 is 18.9 Å². The number of anilines is 1. The molecule has 9 nitrogen and oxygen atoms in total. The molecule has 1 aromatic carbocycles. The van der Waals surface area contributed by atoms with Crippen molar-refractivity contribution >= 4 is 33.0 Å². The third-order valence-electron chi connectivity index (χ3n) is 5.22. The van der Waals surface area contributed by atoms with E-state index in [2.05, 4.69) is 9.71 Å². The molecule has 1 saturated heterocycles. The highest BCUT2D eigenvalue weighted by molar-refractivity contribution is 7.92. The molecule has 0 atom stereocenters. The van der Waals surface area contributed by atoms with Crippen molar-refractivity contribution in [2.24, 2.45) is 7.05 Å². The number of hydrogen-bond donors (Lipinski definition) is 1. The van der Waals surface area contributed by atoms with E-state index in [0.717, 1.165) is 0 Å². The number of benzene rings is 1. The average molecular weight is 491 g/mol. The van der Waals surface area contributed by atoms with Crippen LogP contribution in [0.4, 0.5) is 5.69 Å². The number of thiazole rings is 1. The molecule has 0 aliphatic carbocycles. The Morgan fingerprint density at radius 2 is 1.94 bits per heavy atom. The lowest BCUT2D eigenvalue weighted by molar-refractivity contribution is 0.0305. The van der Waals surface area contributed by atoms with E-state index in [9.17, 15) is 13.2 Å². The van der Waals surface area contributed by atoms with E-state index in [4.69, 9.17) is 9.47 Å². The zero-order chi connectivity index (χ0) is 23.6. The number of rotatable bonds is 7. The summed E-state index contributed by atoms with van der Waals surface area (Å²) >= 11 is 1.27. The SMILES string of the molecule is CCOc1ccc(NS(=O)(=O)c2cc(-c3nc(C)c(C(=O)N4CCOCC4)s3)n(C)c2)cc1. The van der Waals surface area contributed by atoms with Gasteiger partial charge in [-0.25, -0.2) is 13.4 Å². The maximum Gasteiger partial charge on any atom is 0.266 e. The zero-order valence-corrected chi connectivity index (χ0v) is 20.3. The minimum absolute atomic E-state index is 0.0706. The van der Waals surface area contributed by atoms with E-state index < -0.39 is 10.0 Å². The Labute approximate surface area is 197 Å². The van der Waals surface area contributed by atoms with Crippen LogP contribution in [0.5, 0.6) is 5.75 Å². The third-order valence-corrected chi connectivity index (χ3v) is 7.73. The van der Waals surface area contributed by atoms with E-state index in [1.807, 2.05) is 6.92 Å². The van der Waals surface area contributed by atoms with E-state index in [-0.39, 0.29) is 10.8 Å². The van der Waals surface area contributed by atoms with Gasteiger partial charge in [-0.2, -0.15) is 0 Å². The van der Waals surface area contributed by atoms with Crippen LogP contribution in [-0.4, -0.2) is 61.7 Å². The van der Waals surface area contributed by atoms with Crippen LogP contribution >= 0.6 is 11.3 Å². The molecule has 1 aliphatic rings. The van der Waals surface area contributed by atoms with Crippen molar-refractivity contribution in [2.45, 2.75) is 18.7 Å². The van der Waals surface area contributed by atoms with Crippen molar-refractivity contribution in [3.8, 4) is 16.5 Å². The van der Waals surface area contributed by atoms with Gasteiger partial charge in [0.25, 0.3) is 15.9 Å². The predicted molar refractivity (Wildman–Crippen MR) is 126 cm³/mol. The van der Waals surface area contributed by atoms with Crippen molar-refractivity contribution in [3.63, 3.8) is 0 Å². The summed E-state index contributed by atoms with van der Waals surface area (Å²) in [5, 5.41) is 0.592. The fourth-order valence-corrected chi connectivity index (χ4v) is 5.73. The first-order chi connectivity index (χ1) is 15.8. The Morgan fingerprint density at radius 3 is 2.61 bits per heavy atom. The van der Waals surface area contributed by atoms with Gasteiger partial charge in [-0.05, 0) is 44.2 Å². The average Bonchev–Trinajstić information content (AvgIpc) is 3.38. The molecule has 176 valence electrons. The summed E-state index contributed by atoms with van der Waals surface area (Å²) in [5.74, 6) is 0.600. The number of ether oxygens (including phenoxy) is 2. The van der Waals surface area contributed by atoms with E-state index in [1.54, 1.807) is 53.8 Å². The molecule has 33 heavy (non-hydrogen) atoms. The zero-order valence-electron chi connectivity index (χ0n) is 18.7. The van der Waals surface area contributed by atoms with Gasteiger partial charge in [0.2, 0.25) is 0 Å². The van der Waals surface area contributed by atoms with Crippen molar-refractivity contribution in [1.29, 1.82) is 0 Å². The Balaban J connectivity index is 1.56. The van der Waals surface area contributed by atoms with Crippen LogP contribution in [0, 0.1) is 6.92 Å². The van der Waals surface area contributed by atoms with Gasteiger partial charge in [0.05, 0.1) is 31.2 Å². The number of sulfonamides is 1. The molecule has 1 fully saturated rings. The fraction of sp³-hybridized carbons (Fsp3) is 0.364. The molecular formula is C22H26N4O5S2. The van der Waals surface area contributed by atoms with Crippen molar-refractivity contribution in [3.05, 3.63) is 47.1 Å². The number of morpholine rings is 1. The first kappa shape index (κ1) is 23.3. The largest absolute Gasteiger partial charge is 0.494 e. The number of hydrogen-bond acceptors (Lipinski definition) is 7. The predicted octanol–water partition coefficient (Wildman–Crippen LogP) is 3.13. The summed E-state index contributed by atoms with van der Waals surface area (Å²) in [6, 6.07) is 8.30. The van der Waals surface area contributed by atoms with Gasteiger partial charge in [-0.15, -0.1) is 11.3 Å². The van der Waals surface area contributed by atoms with Gasteiger partial charge >= 0.3 is 0 Å². The summed E-state index contributed by atoms with van der Waals surface area (Å²) in [7, 11) is -2.05. The monoisotopic (exact) mass is 490 g/mol. The van der Waals surface area contributed by atoms with Crippen LogP contribution < -0.4 is 9.46 Å². The second-order valence-electron chi connectivity index (χ2n) is 7.57. The summed E-state index contributed by atoms with van der Waals surface area (Å²) < 4.78 is 40.9. The molecule has 3 aromatic rings. The quantitative estimate of drug-likeness (QED) is 0.546. The van der Waals surface area contributed by atoms with Gasteiger partial charge in [0.1, 0.15) is 20.5 Å². The topological polar surface area (TPSA) is 103 Å². The van der Waals surface area contributed by atoms with Crippen LogP contribution in [0.3, 0.4) is 0 Å². The highest BCUT2D eigenvalue weighted by atomic mass is 32.2. The van der Waals surface area contributed by atoms with Gasteiger partial charge in [-0.1, -0.05) is 0 Å². The molecular weight excluding hydrogens is 464 g/mol. The Morgan fingerprint density at radius 1 is 1.24 bits per heavy atom. The molecule has 0 spiro atoms. The first-order valence-electron chi connectivity index (χ1n) is 10.6. The molecule has 0 bridgehead atoms. The lowest BCUT2D eigenvalue weighted by Crippen LogP contribution is -2.40. The number of aryl methyl sites for hydroxylation is 2. The standard InChI is InChI=1S/C22H26N4O5S2/c1-4-31-17-7-5-16(6-8-17)24-33(28,29)18-13-19(25(3)14-18)21-23-15(2)20(32-21)22(27)26-9-11-30-12-10-26/h5-8,13-14,24H,4,9-12H2,1-3H3. The van der Waals surface area contributed by atoms with Crippen molar-refractivity contribution < 1.29 is 22.7 Å². The van der Waals surface area contributed by atoms with Crippen LogP contribution in [0.15, 0.2) is 41.4 Å². The van der Waals surface area contributed by atoms with E-state index >= 15 is 0 Å². The van der Waals surface area contributed by atoms with Crippen LogP contribution in [-0.2, 0) is 21.8 Å². The second-order valence-corrected chi connectivity index (χ2v) is 10.3. The number of amides is 1. The molecule has 1 aliphatic heterocycles. The lowest BCUT2D eigenvalue weighted by Gasteiger charge is -2.26. The maximum absolute atomic E-state index is 13.0. The Hall–Kier alpha value is -2.89. The number of carbonyl (C=O) groups excluding carboxylic acids is 1. The van der Waals surface area contributed by atoms with Crippen molar-refractivity contribution in [1.82, 2.24) is 14.5 Å². The van der Waals surface area contributed by atoms with E-state index in [1.165, 1.54) is 17.5 Å². The highest BCUT2D eigenvalue weighted by Crippen LogP contribution is 2.31.